The minimum atomic E-state index is -0.875. The molecule has 0 radical (unpaired) electrons. The summed E-state index contributed by atoms with van der Waals surface area (Å²) in [7, 11) is 1.55. The average molecular weight is 476 g/mol. The van der Waals surface area contributed by atoms with Crippen LogP contribution >= 0.6 is 0 Å². The van der Waals surface area contributed by atoms with Crippen molar-refractivity contribution < 1.29 is 28.6 Å². The van der Waals surface area contributed by atoms with E-state index in [1.54, 1.807) is 49.6 Å². The van der Waals surface area contributed by atoms with Gasteiger partial charge in [-0.3, -0.25) is 9.59 Å². The van der Waals surface area contributed by atoms with Crippen LogP contribution in [0.2, 0.25) is 0 Å². The number of hydrogen-bond acceptors (Lipinski definition) is 6. The summed E-state index contributed by atoms with van der Waals surface area (Å²) >= 11 is 0. The lowest BCUT2D eigenvalue weighted by Crippen LogP contribution is -2.29. The fraction of sp³-hybridized carbons (Fsp3) is 0.286. The average Bonchev–Trinajstić information content (AvgIpc) is 3.50. The van der Waals surface area contributed by atoms with Crippen molar-refractivity contribution in [2.24, 2.45) is 0 Å². The van der Waals surface area contributed by atoms with Crippen molar-refractivity contribution in [3.63, 3.8) is 0 Å². The number of furan rings is 1. The first-order chi connectivity index (χ1) is 17.0. The van der Waals surface area contributed by atoms with Gasteiger partial charge in [-0.05, 0) is 48.9 Å². The van der Waals surface area contributed by atoms with Gasteiger partial charge >= 0.3 is 0 Å². The molecule has 1 aromatic heterocycles. The Morgan fingerprint density at radius 2 is 1.80 bits per heavy atom. The maximum Gasteiger partial charge on any atom is 0.296 e. The van der Waals surface area contributed by atoms with Gasteiger partial charge < -0.3 is 23.9 Å². The number of carbonyl (C=O) groups is 2. The standard InChI is InChI=1S/C28H29NO6/c1-3-4-7-16-34-21-14-12-19(13-15-21)26(30)24-25(23-11-8-17-35-23)29(28(32)27(24)31)18-20-9-5-6-10-22(20)33-2/h5-6,8-15,17,25,30H,3-4,7,16,18H2,1-2H3/b26-24-. The number of para-hydroxylation sites is 1. The summed E-state index contributed by atoms with van der Waals surface area (Å²) in [6.07, 6.45) is 4.66. The Morgan fingerprint density at radius 3 is 2.49 bits per heavy atom. The zero-order chi connectivity index (χ0) is 24.8. The van der Waals surface area contributed by atoms with E-state index in [4.69, 9.17) is 13.9 Å². The van der Waals surface area contributed by atoms with E-state index < -0.39 is 17.7 Å². The Kier molecular flexibility index (Phi) is 7.55. The van der Waals surface area contributed by atoms with Crippen LogP contribution in [0.15, 0.2) is 76.9 Å². The number of methoxy groups -OCH3 is 1. The highest BCUT2D eigenvalue weighted by Gasteiger charge is 2.47. The molecule has 0 bridgehead atoms. The predicted molar refractivity (Wildman–Crippen MR) is 131 cm³/mol. The third-order valence-corrected chi connectivity index (χ3v) is 6.03. The largest absolute Gasteiger partial charge is 0.507 e. The number of aliphatic hydroxyl groups is 1. The molecule has 1 saturated heterocycles. The van der Waals surface area contributed by atoms with Crippen molar-refractivity contribution in [3.8, 4) is 11.5 Å². The topological polar surface area (TPSA) is 89.2 Å². The number of amides is 1. The number of ether oxygens (including phenoxy) is 2. The van der Waals surface area contributed by atoms with Gasteiger partial charge in [-0.15, -0.1) is 0 Å². The summed E-state index contributed by atoms with van der Waals surface area (Å²) in [5, 5.41) is 11.2. The molecule has 2 aromatic carbocycles. The Bertz CT molecular complexity index is 1200. The first kappa shape index (κ1) is 24.1. The minimum Gasteiger partial charge on any atom is -0.507 e. The molecule has 1 aliphatic heterocycles. The molecular formula is C28H29NO6. The van der Waals surface area contributed by atoms with E-state index in [0.29, 0.717) is 29.4 Å². The van der Waals surface area contributed by atoms with Crippen LogP contribution in [0.3, 0.4) is 0 Å². The van der Waals surface area contributed by atoms with Crippen molar-refractivity contribution >= 4 is 17.4 Å². The number of nitrogens with zero attached hydrogens (tertiary/aromatic N) is 1. The second kappa shape index (κ2) is 11.0. The number of unbranched alkanes of at least 4 members (excludes halogenated alkanes) is 2. The number of aliphatic hydroxyl groups excluding tert-OH is 1. The quantitative estimate of drug-likeness (QED) is 0.181. The van der Waals surface area contributed by atoms with E-state index in [-0.39, 0.29) is 17.9 Å². The lowest BCUT2D eigenvalue weighted by molar-refractivity contribution is -0.140. The highest BCUT2D eigenvalue weighted by atomic mass is 16.5. The van der Waals surface area contributed by atoms with Crippen molar-refractivity contribution in [1.82, 2.24) is 4.90 Å². The Hall–Kier alpha value is -4.00. The zero-order valence-corrected chi connectivity index (χ0v) is 19.9. The fourth-order valence-electron chi connectivity index (χ4n) is 4.21. The smallest absolute Gasteiger partial charge is 0.296 e. The number of ketones is 1. The Morgan fingerprint density at radius 1 is 1.03 bits per heavy atom. The van der Waals surface area contributed by atoms with Gasteiger partial charge in [0.1, 0.15) is 29.1 Å². The maximum absolute atomic E-state index is 13.1. The van der Waals surface area contributed by atoms with Crippen LogP contribution in [0.25, 0.3) is 5.76 Å². The summed E-state index contributed by atoms with van der Waals surface area (Å²) < 4.78 is 16.8. The Labute approximate surface area is 204 Å². The van der Waals surface area contributed by atoms with Crippen LogP contribution in [-0.2, 0) is 16.1 Å². The summed E-state index contributed by atoms with van der Waals surface area (Å²) in [4.78, 5) is 27.7. The van der Waals surface area contributed by atoms with Gasteiger partial charge in [0.25, 0.3) is 11.7 Å². The molecule has 182 valence electrons. The molecule has 0 spiro atoms. The van der Waals surface area contributed by atoms with E-state index in [9.17, 15) is 14.7 Å². The number of Topliss-reactive ketones (excluding diaryl/α,β-unsaturated/α-hetero) is 1. The van der Waals surface area contributed by atoms with E-state index in [1.807, 2.05) is 18.2 Å². The lowest BCUT2D eigenvalue weighted by Gasteiger charge is -2.24. The summed E-state index contributed by atoms with van der Waals surface area (Å²) in [5.74, 6) is -0.0752. The van der Waals surface area contributed by atoms with E-state index in [2.05, 4.69) is 6.92 Å². The molecule has 1 fully saturated rings. The molecule has 1 aliphatic rings. The van der Waals surface area contributed by atoms with Gasteiger partial charge in [-0.25, -0.2) is 0 Å². The van der Waals surface area contributed by atoms with Crippen molar-refractivity contribution in [1.29, 1.82) is 0 Å². The molecule has 0 aliphatic carbocycles. The molecule has 0 saturated carbocycles. The van der Waals surface area contributed by atoms with E-state index in [1.165, 1.54) is 11.2 Å². The van der Waals surface area contributed by atoms with Gasteiger partial charge in [-0.2, -0.15) is 0 Å². The van der Waals surface area contributed by atoms with E-state index in [0.717, 1.165) is 24.8 Å². The number of rotatable bonds is 10. The molecular weight excluding hydrogens is 446 g/mol. The molecule has 3 aromatic rings. The zero-order valence-electron chi connectivity index (χ0n) is 19.9. The molecule has 1 unspecified atom stereocenters. The summed E-state index contributed by atoms with van der Waals surface area (Å²) in [5.41, 5.74) is 1.13. The second-order valence-corrected chi connectivity index (χ2v) is 8.33. The van der Waals surface area contributed by atoms with Gasteiger partial charge in [0.05, 0.1) is 32.1 Å². The first-order valence-electron chi connectivity index (χ1n) is 11.7. The van der Waals surface area contributed by atoms with Crippen LogP contribution in [0.5, 0.6) is 11.5 Å². The van der Waals surface area contributed by atoms with Crippen LogP contribution in [0, 0.1) is 0 Å². The lowest BCUT2D eigenvalue weighted by atomic mass is 9.99. The molecule has 4 rings (SSSR count). The van der Waals surface area contributed by atoms with Gasteiger partial charge in [0.15, 0.2) is 0 Å². The number of likely N-dealkylation sites (tertiary alicyclic amines) is 1. The minimum absolute atomic E-state index is 0.0172. The number of hydrogen-bond donors (Lipinski definition) is 1. The number of benzene rings is 2. The number of carbonyl (C=O) groups excluding carboxylic acids is 2. The molecule has 1 atom stereocenters. The third-order valence-electron chi connectivity index (χ3n) is 6.03. The van der Waals surface area contributed by atoms with Crippen LogP contribution in [0.4, 0.5) is 0 Å². The van der Waals surface area contributed by atoms with Crippen LogP contribution in [0.1, 0.15) is 49.1 Å². The van der Waals surface area contributed by atoms with E-state index >= 15 is 0 Å². The van der Waals surface area contributed by atoms with Crippen LogP contribution < -0.4 is 9.47 Å². The highest BCUT2D eigenvalue weighted by Crippen LogP contribution is 2.41. The van der Waals surface area contributed by atoms with Crippen molar-refractivity contribution in [2.75, 3.05) is 13.7 Å². The van der Waals surface area contributed by atoms with Crippen molar-refractivity contribution in [2.45, 2.75) is 38.8 Å². The molecule has 35 heavy (non-hydrogen) atoms. The van der Waals surface area contributed by atoms with Gasteiger partial charge in [0.2, 0.25) is 0 Å². The van der Waals surface area contributed by atoms with Gasteiger partial charge in [0, 0.05) is 11.1 Å². The molecule has 1 N–H and O–H groups in total. The maximum atomic E-state index is 13.1. The highest BCUT2D eigenvalue weighted by molar-refractivity contribution is 6.46. The summed E-state index contributed by atoms with van der Waals surface area (Å²) in [6.45, 7) is 2.86. The second-order valence-electron chi connectivity index (χ2n) is 8.33. The third kappa shape index (κ3) is 5.09. The molecule has 2 heterocycles. The SMILES string of the molecule is CCCCCOc1ccc(/C(O)=C2/C(=O)C(=O)N(Cc3ccccc3OC)C2c2ccco2)cc1. The molecule has 7 heteroatoms. The Balaban J connectivity index is 1.67. The molecule has 1 amide bonds. The fourth-order valence-corrected chi connectivity index (χ4v) is 4.21. The van der Waals surface area contributed by atoms with Crippen LogP contribution in [-0.4, -0.2) is 35.4 Å². The normalized spacial score (nSPS) is 17.1. The van der Waals surface area contributed by atoms with Crippen molar-refractivity contribution in [3.05, 3.63) is 89.4 Å². The van der Waals surface area contributed by atoms with Gasteiger partial charge in [-0.1, -0.05) is 38.0 Å². The summed E-state index contributed by atoms with van der Waals surface area (Å²) in [6, 6.07) is 16.6. The predicted octanol–water partition coefficient (Wildman–Crippen LogP) is 5.48. The monoisotopic (exact) mass is 475 g/mol. The molecule has 7 nitrogen and oxygen atoms in total. The first-order valence-corrected chi connectivity index (χ1v) is 11.7.